The molecule has 0 radical (unpaired) electrons. The van der Waals surface area contributed by atoms with Crippen LogP contribution in [0, 0.1) is 0 Å². The van der Waals surface area contributed by atoms with Gasteiger partial charge in [-0.2, -0.15) is 0 Å². The fraction of sp³-hybridized carbons (Fsp3) is 0.267. The zero-order valence-electron chi connectivity index (χ0n) is 10.2. The van der Waals surface area contributed by atoms with Crippen LogP contribution in [0.4, 0.5) is 0 Å². The van der Waals surface area contributed by atoms with E-state index in [4.69, 9.17) is 9.84 Å². The molecule has 0 spiro atoms. The van der Waals surface area contributed by atoms with Gasteiger partial charge in [-0.1, -0.05) is 30.3 Å². The van der Waals surface area contributed by atoms with Crippen molar-refractivity contribution >= 4 is 0 Å². The first-order valence-corrected chi connectivity index (χ1v) is 6.11. The van der Waals surface area contributed by atoms with Gasteiger partial charge in [0.05, 0.1) is 13.2 Å². The molecule has 18 heavy (non-hydrogen) atoms. The molecule has 1 N–H and O–H groups in total. The van der Waals surface area contributed by atoms with E-state index in [1.165, 1.54) is 5.56 Å². The number of aryl methyl sites for hydroxylation is 1. The molecule has 1 heterocycles. The van der Waals surface area contributed by atoms with Crippen LogP contribution in [0.1, 0.15) is 17.5 Å². The summed E-state index contributed by atoms with van der Waals surface area (Å²) in [6.45, 7) is 0.570. The second-order valence-corrected chi connectivity index (χ2v) is 4.06. The summed E-state index contributed by atoms with van der Waals surface area (Å²) in [6.07, 6.45) is 3.60. The van der Waals surface area contributed by atoms with E-state index in [1.54, 1.807) is 12.3 Å². The molecule has 0 fully saturated rings. The van der Waals surface area contributed by atoms with Crippen LogP contribution in [0.25, 0.3) is 0 Å². The number of aliphatic hydroxyl groups is 1. The molecule has 0 saturated carbocycles. The van der Waals surface area contributed by atoms with Crippen molar-refractivity contribution in [3.8, 4) is 5.88 Å². The number of ether oxygens (including phenoxy) is 1. The average molecular weight is 243 g/mol. The lowest BCUT2D eigenvalue weighted by Crippen LogP contribution is -2.03. The van der Waals surface area contributed by atoms with E-state index in [1.807, 2.05) is 24.3 Å². The molecule has 2 aromatic rings. The molecule has 1 aromatic heterocycles. The summed E-state index contributed by atoms with van der Waals surface area (Å²) >= 11 is 0. The largest absolute Gasteiger partial charge is 0.477 e. The Labute approximate surface area is 107 Å². The molecule has 3 nitrogen and oxygen atoms in total. The molecule has 94 valence electrons. The first kappa shape index (κ1) is 12.6. The SMILES string of the molecule is OCc1cccnc1OCCCc1ccccc1. The van der Waals surface area contributed by atoms with E-state index in [0.717, 1.165) is 18.4 Å². The third-order valence-electron chi connectivity index (χ3n) is 2.71. The molecule has 3 heteroatoms. The monoisotopic (exact) mass is 243 g/mol. The number of hydrogen-bond acceptors (Lipinski definition) is 3. The van der Waals surface area contributed by atoms with Crippen LogP contribution in [-0.4, -0.2) is 16.7 Å². The van der Waals surface area contributed by atoms with Crippen molar-refractivity contribution in [2.24, 2.45) is 0 Å². The van der Waals surface area contributed by atoms with Crippen molar-refractivity contribution in [1.82, 2.24) is 4.98 Å². The molecule has 0 atom stereocenters. The smallest absolute Gasteiger partial charge is 0.218 e. The molecule has 0 saturated heterocycles. The third kappa shape index (κ3) is 3.57. The van der Waals surface area contributed by atoms with Gasteiger partial charge in [-0.3, -0.25) is 0 Å². The standard InChI is InChI=1S/C15H17NO2/c17-12-14-9-4-10-16-15(14)18-11-5-8-13-6-2-1-3-7-13/h1-4,6-7,9-10,17H,5,8,11-12H2. The van der Waals surface area contributed by atoms with E-state index < -0.39 is 0 Å². The van der Waals surface area contributed by atoms with Crippen molar-refractivity contribution < 1.29 is 9.84 Å². The van der Waals surface area contributed by atoms with Crippen LogP contribution < -0.4 is 4.74 Å². The van der Waals surface area contributed by atoms with E-state index in [9.17, 15) is 0 Å². The topological polar surface area (TPSA) is 42.4 Å². The quantitative estimate of drug-likeness (QED) is 0.793. The van der Waals surface area contributed by atoms with Crippen molar-refractivity contribution in [3.63, 3.8) is 0 Å². The number of nitrogens with zero attached hydrogens (tertiary/aromatic N) is 1. The molecule has 0 aliphatic rings. The first-order chi connectivity index (χ1) is 8.90. The molecule has 1 aromatic carbocycles. The summed E-state index contributed by atoms with van der Waals surface area (Å²) in [5.41, 5.74) is 2.04. The van der Waals surface area contributed by atoms with Crippen LogP contribution in [0.5, 0.6) is 5.88 Å². The van der Waals surface area contributed by atoms with Crippen LogP contribution in [0.3, 0.4) is 0 Å². The summed E-state index contributed by atoms with van der Waals surface area (Å²) in [4.78, 5) is 4.11. The van der Waals surface area contributed by atoms with Gasteiger partial charge in [0, 0.05) is 11.8 Å². The molecule has 2 rings (SSSR count). The summed E-state index contributed by atoms with van der Waals surface area (Å²) in [5.74, 6) is 0.535. The number of benzene rings is 1. The number of hydrogen-bond donors (Lipinski definition) is 1. The lowest BCUT2D eigenvalue weighted by Gasteiger charge is -2.08. The van der Waals surface area contributed by atoms with Gasteiger partial charge in [0.2, 0.25) is 5.88 Å². The fourth-order valence-corrected chi connectivity index (χ4v) is 1.76. The van der Waals surface area contributed by atoms with Crippen LogP contribution >= 0.6 is 0 Å². The second-order valence-electron chi connectivity index (χ2n) is 4.06. The average Bonchev–Trinajstić information content (AvgIpc) is 2.45. The lowest BCUT2D eigenvalue weighted by atomic mass is 10.1. The molecule has 0 bridgehead atoms. The zero-order chi connectivity index (χ0) is 12.6. The molecule has 0 aliphatic carbocycles. The fourth-order valence-electron chi connectivity index (χ4n) is 1.76. The molecular weight excluding hydrogens is 226 g/mol. The zero-order valence-corrected chi connectivity index (χ0v) is 10.2. The van der Waals surface area contributed by atoms with Crippen molar-refractivity contribution in [1.29, 1.82) is 0 Å². The van der Waals surface area contributed by atoms with Gasteiger partial charge in [0.25, 0.3) is 0 Å². The maximum absolute atomic E-state index is 9.13. The van der Waals surface area contributed by atoms with E-state index in [-0.39, 0.29) is 6.61 Å². The van der Waals surface area contributed by atoms with E-state index in [2.05, 4.69) is 17.1 Å². The van der Waals surface area contributed by atoms with Gasteiger partial charge in [-0.15, -0.1) is 0 Å². The van der Waals surface area contributed by atoms with Crippen LogP contribution in [0.2, 0.25) is 0 Å². The molecular formula is C15H17NO2. The highest BCUT2D eigenvalue weighted by Crippen LogP contribution is 2.14. The van der Waals surface area contributed by atoms with Crippen molar-refractivity contribution in [2.75, 3.05) is 6.61 Å². The number of pyridine rings is 1. The summed E-state index contributed by atoms with van der Waals surface area (Å²) in [7, 11) is 0. The predicted molar refractivity (Wildman–Crippen MR) is 70.4 cm³/mol. The summed E-state index contributed by atoms with van der Waals surface area (Å²) < 4.78 is 5.58. The predicted octanol–water partition coefficient (Wildman–Crippen LogP) is 2.59. The molecule has 0 unspecified atom stereocenters. The van der Waals surface area contributed by atoms with Gasteiger partial charge in [0.15, 0.2) is 0 Å². The van der Waals surface area contributed by atoms with Crippen molar-refractivity contribution in [2.45, 2.75) is 19.4 Å². The highest BCUT2D eigenvalue weighted by atomic mass is 16.5. The Morgan fingerprint density at radius 2 is 1.89 bits per heavy atom. The highest BCUT2D eigenvalue weighted by Gasteiger charge is 2.02. The van der Waals surface area contributed by atoms with Crippen LogP contribution in [0.15, 0.2) is 48.7 Å². The lowest BCUT2D eigenvalue weighted by molar-refractivity contribution is 0.256. The van der Waals surface area contributed by atoms with Gasteiger partial charge < -0.3 is 9.84 Å². The molecule has 0 amide bonds. The van der Waals surface area contributed by atoms with Crippen molar-refractivity contribution in [3.05, 3.63) is 59.8 Å². The Bertz CT molecular complexity index is 471. The van der Waals surface area contributed by atoms with Gasteiger partial charge in [-0.05, 0) is 30.5 Å². The Morgan fingerprint density at radius 3 is 2.67 bits per heavy atom. The Hall–Kier alpha value is -1.87. The number of rotatable bonds is 6. The molecule has 0 aliphatic heterocycles. The maximum atomic E-state index is 9.13. The Morgan fingerprint density at radius 1 is 1.06 bits per heavy atom. The number of aromatic nitrogens is 1. The first-order valence-electron chi connectivity index (χ1n) is 6.11. The van der Waals surface area contributed by atoms with Crippen LogP contribution in [-0.2, 0) is 13.0 Å². The summed E-state index contributed by atoms with van der Waals surface area (Å²) in [6, 6.07) is 13.9. The minimum atomic E-state index is -0.0398. The Balaban J connectivity index is 1.78. The number of aliphatic hydroxyl groups excluding tert-OH is 1. The maximum Gasteiger partial charge on any atom is 0.218 e. The van der Waals surface area contributed by atoms with E-state index in [0.29, 0.717) is 12.5 Å². The normalized spacial score (nSPS) is 10.3. The summed E-state index contributed by atoms with van der Waals surface area (Å²) in [5, 5.41) is 9.13. The minimum absolute atomic E-state index is 0.0398. The second kappa shape index (κ2) is 6.77. The van der Waals surface area contributed by atoms with E-state index >= 15 is 0 Å². The third-order valence-corrected chi connectivity index (χ3v) is 2.71. The van der Waals surface area contributed by atoms with Gasteiger partial charge >= 0.3 is 0 Å². The Kier molecular flexibility index (Phi) is 4.73. The highest BCUT2D eigenvalue weighted by molar-refractivity contribution is 5.24. The van der Waals surface area contributed by atoms with Gasteiger partial charge in [0.1, 0.15) is 0 Å². The van der Waals surface area contributed by atoms with Gasteiger partial charge in [-0.25, -0.2) is 4.98 Å². The minimum Gasteiger partial charge on any atom is -0.477 e.